The average molecular weight is 260 g/mol. The Hall–Kier alpha value is -1.35. The molecule has 0 spiro atoms. The van der Waals surface area contributed by atoms with Crippen LogP contribution < -0.4 is 10.6 Å². The number of carbonyl (C=O) groups excluding carboxylic acids is 1. The van der Waals surface area contributed by atoms with Gasteiger partial charge in [-0.1, -0.05) is 25.5 Å². The summed E-state index contributed by atoms with van der Waals surface area (Å²) in [5.74, 6) is 0.124. The van der Waals surface area contributed by atoms with Crippen molar-refractivity contribution in [3.63, 3.8) is 0 Å². The fraction of sp³-hybridized carbons (Fsp3) is 0.562. The minimum atomic E-state index is -0.263. The third-order valence-electron chi connectivity index (χ3n) is 3.95. The van der Waals surface area contributed by atoms with Crippen LogP contribution in [0.1, 0.15) is 38.7 Å². The first-order chi connectivity index (χ1) is 9.14. The van der Waals surface area contributed by atoms with E-state index in [-0.39, 0.29) is 11.3 Å². The van der Waals surface area contributed by atoms with Gasteiger partial charge in [-0.3, -0.25) is 4.79 Å². The van der Waals surface area contributed by atoms with Crippen LogP contribution in [0.4, 0.5) is 5.69 Å². The van der Waals surface area contributed by atoms with E-state index in [0.29, 0.717) is 0 Å². The van der Waals surface area contributed by atoms with Crippen LogP contribution in [-0.4, -0.2) is 19.0 Å². The highest BCUT2D eigenvalue weighted by molar-refractivity contribution is 5.95. The van der Waals surface area contributed by atoms with Crippen LogP contribution in [0.2, 0.25) is 0 Å². The van der Waals surface area contributed by atoms with Gasteiger partial charge in [0.15, 0.2) is 0 Å². The van der Waals surface area contributed by atoms with E-state index in [9.17, 15) is 4.79 Å². The number of carbonyl (C=O) groups is 1. The number of aryl methyl sites for hydroxylation is 1. The van der Waals surface area contributed by atoms with Crippen LogP contribution >= 0.6 is 0 Å². The molecule has 1 heterocycles. The van der Waals surface area contributed by atoms with Crippen molar-refractivity contribution in [2.75, 3.05) is 18.4 Å². The highest BCUT2D eigenvalue weighted by atomic mass is 16.2. The van der Waals surface area contributed by atoms with E-state index in [1.54, 1.807) is 0 Å². The summed E-state index contributed by atoms with van der Waals surface area (Å²) >= 11 is 0. The summed E-state index contributed by atoms with van der Waals surface area (Å²) in [5.41, 5.74) is 1.98. The summed E-state index contributed by atoms with van der Waals surface area (Å²) in [6.45, 7) is 5.93. The number of rotatable bonds is 5. The van der Waals surface area contributed by atoms with Crippen molar-refractivity contribution in [2.24, 2.45) is 5.41 Å². The van der Waals surface area contributed by atoms with E-state index < -0.39 is 0 Å². The highest BCUT2D eigenvalue weighted by Crippen LogP contribution is 2.26. The summed E-state index contributed by atoms with van der Waals surface area (Å²) in [4.78, 5) is 12.2. The molecule has 1 amide bonds. The van der Waals surface area contributed by atoms with E-state index >= 15 is 0 Å². The van der Waals surface area contributed by atoms with Crippen LogP contribution in [0.15, 0.2) is 24.3 Å². The minimum absolute atomic E-state index is 0.124. The summed E-state index contributed by atoms with van der Waals surface area (Å²) in [7, 11) is 0. The number of amides is 1. The molecule has 1 aromatic rings. The predicted octanol–water partition coefficient (Wildman–Crippen LogP) is 2.97. The second-order valence-electron chi connectivity index (χ2n) is 5.74. The maximum Gasteiger partial charge on any atom is 0.231 e. The second-order valence-corrected chi connectivity index (χ2v) is 5.74. The van der Waals surface area contributed by atoms with Crippen LogP contribution in [0.3, 0.4) is 0 Å². The van der Waals surface area contributed by atoms with Crippen molar-refractivity contribution in [2.45, 2.75) is 39.5 Å². The van der Waals surface area contributed by atoms with Gasteiger partial charge in [-0.05, 0) is 50.4 Å². The van der Waals surface area contributed by atoms with E-state index in [4.69, 9.17) is 0 Å². The molecule has 1 fully saturated rings. The fourth-order valence-electron chi connectivity index (χ4n) is 2.43. The Kier molecular flexibility index (Phi) is 4.59. The van der Waals surface area contributed by atoms with Gasteiger partial charge in [0.05, 0.1) is 5.41 Å². The topological polar surface area (TPSA) is 41.1 Å². The van der Waals surface area contributed by atoms with Crippen molar-refractivity contribution >= 4 is 11.6 Å². The lowest BCUT2D eigenvalue weighted by molar-refractivity contribution is -0.123. The second kappa shape index (κ2) is 6.20. The van der Waals surface area contributed by atoms with Gasteiger partial charge in [0, 0.05) is 12.2 Å². The summed E-state index contributed by atoms with van der Waals surface area (Å²) in [6, 6.07) is 8.24. The van der Waals surface area contributed by atoms with Crippen molar-refractivity contribution in [3.8, 4) is 0 Å². The molecule has 0 aliphatic carbocycles. The molecule has 1 unspecified atom stereocenters. The summed E-state index contributed by atoms with van der Waals surface area (Å²) in [5, 5.41) is 6.28. The summed E-state index contributed by atoms with van der Waals surface area (Å²) in [6.07, 6.45) is 4.46. The lowest BCUT2D eigenvalue weighted by atomic mass is 9.88. The number of nitrogens with one attached hydrogen (secondary N) is 2. The first kappa shape index (κ1) is 14.1. The molecule has 1 atom stereocenters. The first-order valence-corrected chi connectivity index (χ1v) is 7.25. The lowest BCUT2D eigenvalue weighted by Gasteiger charge is -2.21. The molecular formula is C16H24N2O. The molecule has 0 radical (unpaired) electrons. The molecule has 19 heavy (non-hydrogen) atoms. The van der Waals surface area contributed by atoms with Gasteiger partial charge in [-0.15, -0.1) is 0 Å². The van der Waals surface area contributed by atoms with Gasteiger partial charge >= 0.3 is 0 Å². The van der Waals surface area contributed by atoms with E-state index in [1.807, 2.05) is 19.1 Å². The minimum Gasteiger partial charge on any atom is -0.326 e. The van der Waals surface area contributed by atoms with Gasteiger partial charge in [0.25, 0.3) is 0 Å². The van der Waals surface area contributed by atoms with E-state index in [2.05, 4.69) is 29.7 Å². The molecule has 104 valence electrons. The predicted molar refractivity (Wildman–Crippen MR) is 79.3 cm³/mol. The molecule has 1 saturated heterocycles. The van der Waals surface area contributed by atoms with Crippen LogP contribution in [0, 0.1) is 5.41 Å². The number of hydrogen-bond donors (Lipinski definition) is 2. The van der Waals surface area contributed by atoms with Gasteiger partial charge in [-0.2, -0.15) is 0 Å². The highest BCUT2D eigenvalue weighted by Gasteiger charge is 2.36. The van der Waals surface area contributed by atoms with Crippen molar-refractivity contribution in [3.05, 3.63) is 29.8 Å². The van der Waals surface area contributed by atoms with E-state index in [1.165, 1.54) is 18.4 Å². The SMILES string of the molecule is CCCCc1ccc(NC(=O)C2(C)CCNC2)cc1. The first-order valence-electron chi connectivity index (χ1n) is 7.25. The van der Waals surface area contributed by atoms with Crippen LogP contribution in [-0.2, 0) is 11.2 Å². The molecule has 1 aromatic carbocycles. The Bertz CT molecular complexity index is 419. The van der Waals surface area contributed by atoms with Crippen LogP contribution in [0.5, 0.6) is 0 Å². The van der Waals surface area contributed by atoms with Crippen molar-refractivity contribution < 1.29 is 4.79 Å². The largest absolute Gasteiger partial charge is 0.326 e. The summed E-state index contributed by atoms with van der Waals surface area (Å²) < 4.78 is 0. The molecule has 0 saturated carbocycles. The Morgan fingerprint density at radius 2 is 2.11 bits per heavy atom. The molecule has 2 rings (SSSR count). The molecule has 3 heteroatoms. The zero-order chi connectivity index (χ0) is 13.7. The maximum atomic E-state index is 12.2. The third-order valence-corrected chi connectivity index (χ3v) is 3.95. The molecular weight excluding hydrogens is 236 g/mol. The molecule has 0 bridgehead atoms. The van der Waals surface area contributed by atoms with Crippen LogP contribution in [0.25, 0.3) is 0 Å². The normalized spacial score (nSPS) is 22.4. The van der Waals surface area contributed by atoms with Gasteiger partial charge in [-0.25, -0.2) is 0 Å². The zero-order valence-corrected chi connectivity index (χ0v) is 12.0. The Morgan fingerprint density at radius 1 is 1.37 bits per heavy atom. The number of benzene rings is 1. The average Bonchev–Trinajstić information content (AvgIpc) is 2.86. The van der Waals surface area contributed by atoms with Gasteiger partial charge in [0.1, 0.15) is 0 Å². The maximum absolute atomic E-state index is 12.2. The molecule has 1 aliphatic heterocycles. The smallest absolute Gasteiger partial charge is 0.231 e. The fourth-order valence-corrected chi connectivity index (χ4v) is 2.43. The van der Waals surface area contributed by atoms with Crippen molar-refractivity contribution in [1.82, 2.24) is 5.32 Å². The molecule has 0 aromatic heterocycles. The van der Waals surface area contributed by atoms with E-state index in [0.717, 1.165) is 31.6 Å². The zero-order valence-electron chi connectivity index (χ0n) is 12.0. The number of hydrogen-bond acceptors (Lipinski definition) is 2. The number of anilines is 1. The Morgan fingerprint density at radius 3 is 2.68 bits per heavy atom. The standard InChI is InChI=1S/C16H24N2O/c1-3-4-5-13-6-8-14(9-7-13)18-15(19)16(2)10-11-17-12-16/h6-9,17H,3-5,10-12H2,1-2H3,(H,18,19). The Labute approximate surface area is 115 Å². The lowest BCUT2D eigenvalue weighted by Crippen LogP contribution is -2.35. The molecule has 1 aliphatic rings. The Balaban J connectivity index is 1.93. The molecule has 3 nitrogen and oxygen atoms in total. The quantitative estimate of drug-likeness (QED) is 0.854. The van der Waals surface area contributed by atoms with Crippen molar-refractivity contribution in [1.29, 1.82) is 0 Å². The monoisotopic (exact) mass is 260 g/mol. The molecule has 2 N–H and O–H groups in total. The third kappa shape index (κ3) is 3.57. The number of unbranched alkanes of at least 4 members (excludes halogenated alkanes) is 1. The van der Waals surface area contributed by atoms with Gasteiger partial charge < -0.3 is 10.6 Å². The van der Waals surface area contributed by atoms with Gasteiger partial charge in [0.2, 0.25) is 5.91 Å².